The van der Waals surface area contributed by atoms with E-state index in [1.54, 1.807) is 0 Å². The second-order valence-electron chi connectivity index (χ2n) is 10.4. The van der Waals surface area contributed by atoms with E-state index in [9.17, 15) is 14.4 Å². The van der Waals surface area contributed by atoms with E-state index in [1.807, 2.05) is 109 Å². The van der Waals surface area contributed by atoms with Crippen molar-refractivity contribution >= 4 is 62.9 Å². The molecule has 0 aromatic heterocycles. The Morgan fingerprint density at radius 3 is 1.27 bits per heavy atom. The summed E-state index contributed by atoms with van der Waals surface area (Å²) in [5.41, 5.74) is 0. The minimum absolute atomic E-state index is 0.448. The Morgan fingerprint density at radius 2 is 0.925 bits per heavy atom. The molecule has 4 nitrogen and oxygen atoms in total. The van der Waals surface area contributed by atoms with Crippen LogP contribution in [0.1, 0.15) is 19.8 Å². The van der Waals surface area contributed by atoms with Crippen LogP contribution in [-0.2, 0) is 8.88 Å². The zero-order chi connectivity index (χ0) is 27.8. The first-order valence-corrected chi connectivity index (χ1v) is 17.5. The van der Waals surface area contributed by atoms with E-state index in [0.29, 0.717) is 12.6 Å². The number of hydrogen-bond donors (Lipinski definition) is 2. The summed E-state index contributed by atoms with van der Waals surface area (Å²) in [5, 5.41) is 8.34. The van der Waals surface area contributed by atoms with Gasteiger partial charge in [-0.25, -0.2) is 0 Å². The second-order valence-corrected chi connectivity index (χ2v) is 16.3. The fourth-order valence-corrected chi connectivity index (χ4v) is 15.5. The summed E-state index contributed by atoms with van der Waals surface area (Å²) >= 11 is 0. The number of unbranched alkanes of at least 4 members (excludes halogenated alkanes) is 1. The average molecular weight is 567 g/mol. The molecule has 6 heteroatoms. The van der Waals surface area contributed by atoms with Crippen LogP contribution in [0, 0.1) is 0 Å². The number of hydrogen-bond acceptors (Lipinski definition) is 2. The van der Waals surface area contributed by atoms with Gasteiger partial charge in [0, 0.05) is 0 Å². The first kappa shape index (κ1) is 26.8. The van der Waals surface area contributed by atoms with Crippen LogP contribution in [0.4, 0.5) is 0 Å². The molecule has 0 fully saturated rings. The normalized spacial score (nSPS) is 13.4. The summed E-state index contributed by atoms with van der Waals surface area (Å²) in [4.78, 5) is 21.9. The van der Waals surface area contributed by atoms with Crippen molar-refractivity contribution in [2.24, 2.45) is 0 Å². The van der Waals surface area contributed by atoms with Gasteiger partial charge in [-0.05, 0) is 0 Å². The third-order valence-corrected chi connectivity index (χ3v) is 15.7. The molecule has 202 valence electrons. The van der Waals surface area contributed by atoms with Crippen LogP contribution in [0.25, 0.3) is 32.3 Å². The van der Waals surface area contributed by atoms with Crippen molar-refractivity contribution in [3.05, 3.63) is 127 Å². The Hall–Kier alpha value is -3.36. The molecule has 0 aliphatic rings. The number of rotatable bonds is 8. The second kappa shape index (κ2) is 10.2. The van der Waals surface area contributed by atoms with Crippen LogP contribution in [0.2, 0.25) is 0 Å². The van der Waals surface area contributed by atoms with Crippen LogP contribution < -0.4 is 15.9 Å². The van der Waals surface area contributed by atoms with E-state index >= 15 is 0 Å². The molecular formula is C34H32O4P2. The van der Waals surface area contributed by atoms with Crippen molar-refractivity contribution in [2.45, 2.75) is 19.8 Å². The molecule has 0 unspecified atom stereocenters. The van der Waals surface area contributed by atoms with Crippen LogP contribution in [-0.4, -0.2) is 15.9 Å². The molecule has 0 radical (unpaired) electrons. The van der Waals surface area contributed by atoms with Gasteiger partial charge in [0.2, 0.25) is 0 Å². The fraction of sp³-hybridized carbons (Fsp3) is 0.118. The summed E-state index contributed by atoms with van der Waals surface area (Å²) in [6.45, 7) is -2.32. The quantitative estimate of drug-likeness (QED) is 0.185. The minimum atomic E-state index is -5.07. The van der Waals surface area contributed by atoms with Crippen molar-refractivity contribution < 1.29 is 18.7 Å². The maximum absolute atomic E-state index is 13.4. The van der Waals surface area contributed by atoms with Gasteiger partial charge in [-0.1, -0.05) is 0 Å². The molecule has 0 heterocycles. The zero-order valence-corrected chi connectivity index (χ0v) is 24.1. The number of benzene rings is 6. The van der Waals surface area contributed by atoms with Gasteiger partial charge in [-0.2, -0.15) is 0 Å². The predicted molar refractivity (Wildman–Crippen MR) is 171 cm³/mol. The van der Waals surface area contributed by atoms with Crippen LogP contribution in [0.15, 0.2) is 127 Å². The molecule has 6 aromatic rings. The Balaban J connectivity index is 1.98. The summed E-state index contributed by atoms with van der Waals surface area (Å²) in [7, 11) is -5.07. The molecule has 0 saturated heterocycles. The third-order valence-electron chi connectivity index (χ3n) is 8.05. The van der Waals surface area contributed by atoms with Gasteiger partial charge >= 0.3 is 235 Å². The molecule has 2 N–H and O–H groups in total. The van der Waals surface area contributed by atoms with E-state index in [1.165, 1.54) is 0 Å². The topological polar surface area (TPSA) is 66.8 Å². The monoisotopic (exact) mass is 566 g/mol. The Kier molecular flexibility index (Phi) is 6.87. The van der Waals surface area contributed by atoms with Crippen molar-refractivity contribution in [3.63, 3.8) is 0 Å². The molecule has 0 aliphatic carbocycles. The van der Waals surface area contributed by atoms with Gasteiger partial charge in [0.25, 0.3) is 0 Å². The van der Waals surface area contributed by atoms with Crippen molar-refractivity contribution in [1.29, 1.82) is 0 Å². The summed E-state index contributed by atoms with van der Waals surface area (Å²) in [5.74, 6) is 0. The Morgan fingerprint density at radius 1 is 0.575 bits per heavy atom. The molecule has 0 amide bonds. The number of phosphoric acid groups is 1. The number of fused-ring (bicyclic) bond motifs is 3. The van der Waals surface area contributed by atoms with Crippen LogP contribution >= 0.6 is 14.7 Å². The van der Waals surface area contributed by atoms with Gasteiger partial charge in [-0.15, -0.1) is 0 Å². The molecule has 0 saturated carbocycles. The Labute approximate surface area is 234 Å². The summed E-state index contributed by atoms with van der Waals surface area (Å²) in [6, 6.07) is 42.5. The SMILES string of the molecule is CCCCP(OP(=O)(O)O)(c1cccc2ccccc12)(c1cccc2ccccc12)c1cccc2ccccc12. The first-order chi connectivity index (χ1) is 19.4. The Bertz CT molecular complexity index is 1700. The van der Waals surface area contributed by atoms with Gasteiger partial charge < -0.3 is 0 Å². The molecule has 0 aliphatic heterocycles. The molecule has 6 aromatic carbocycles. The summed E-state index contributed by atoms with van der Waals surface area (Å²) < 4.78 is 20.1. The van der Waals surface area contributed by atoms with Gasteiger partial charge in [-0.3, -0.25) is 0 Å². The predicted octanol–water partition coefficient (Wildman–Crippen LogP) is 7.80. The van der Waals surface area contributed by atoms with E-state index in [4.69, 9.17) is 4.31 Å². The first-order valence-electron chi connectivity index (χ1n) is 13.6. The van der Waals surface area contributed by atoms with Gasteiger partial charge in [0.15, 0.2) is 0 Å². The van der Waals surface area contributed by atoms with E-state index in [-0.39, 0.29) is 0 Å². The molecule has 0 bridgehead atoms. The molecule has 40 heavy (non-hydrogen) atoms. The summed E-state index contributed by atoms with van der Waals surface area (Å²) in [6.07, 6.45) is 2.00. The van der Waals surface area contributed by atoms with E-state index in [2.05, 4.69) is 25.1 Å². The van der Waals surface area contributed by atoms with Crippen molar-refractivity contribution in [1.82, 2.24) is 0 Å². The standard InChI is InChI=1S/C34H32O4P2/c1-2-3-25-40(38-39(35,36)37,32-22-10-16-26-13-4-7-19-29(26)32,33-23-11-17-27-14-5-8-20-30(27)33)34-24-12-18-28-15-6-9-21-31(28)34/h4-24H,2-3,25H2,1H3,(H2,35,36,37). The van der Waals surface area contributed by atoms with E-state index in [0.717, 1.165) is 54.7 Å². The third kappa shape index (κ3) is 4.20. The van der Waals surface area contributed by atoms with E-state index < -0.39 is 14.7 Å². The van der Waals surface area contributed by atoms with Crippen molar-refractivity contribution in [2.75, 3.05) is 6.16 Å². The fourth-order valence-electron chi connectivity index (χ4n) is 6.48. The molecule has 6 rings (SSSR count). The van der Waals surface area contributed by atoms with Crippen molar-refractivity contribution in [3.8, 4) is 0 Å². The van der Waals surface area contributed by atoms with Crippen LogP contribution in [0.3, 0.4) is 0 Å². The van der Waals surface area contributed by atoms with Gasteiger partial charge in [0.05, 0.1) is 0 Å². The maximum atomic E-state index is 13.4. The zero-order valence-electron chi connectivity index (χ0n) is 22.4. The van der Waals surface area contributed by atoms with Crippen LogP contribution in [0.5, 0.6) is 0 Å². The average Bonchev–Trinajstić information content (AvgIpc) is 2.98. The van der Waals surface area contributed by atoms with Gasteiger partial charge in [0.1, 0.15) is 0 Å². The molecule has 0 atom stereocenters. The molecular weight excluding hydrogens is 534 g/mol. The molecule has 0 spiro atoms.